The fraction of sp³-hybridized carbons (Fsp3) is 0.400. The van der Waals surface area contributed by atoms with Gasteiger partial charge in [0.15, 0.2) is 0 Å². The maximum absolute atomic E-state index is 3.11. The fourth-order valence-corrected chi connectivity index (χ4v) is 1.47. The average molecular weight is 129 g/mol. The van der Waals surface area contributed by atoms with Crippen LogP contribution in [0.2, 0.25) is 0 Å². The Morgan fingerprint density at radius 1 is 1.20 bits per heavy atom. The van der Waals surface area contributed by atoms with E-state index in [9.17, 15) is 0 Å². The minimum atomic E-state index is 1.19. The van der Waals surface area contributed by atoms with Crippen molar-refractivity contribution in [1.82, 2.24) is 0 Å². The van der Waals surface area contributed by atoms with Crippen LogP contribution in [0.3, 0.4) is 0 Å². The molecule has 1 aliphatic rings. The van der Waals surface area contributed by atoms with E-state index in [0.717, 1.165) is 0 Å². The molecule has 1 aromatic rings. The molecule has 0 heteroatoms. The highest BCUT2D eigenvalue weighted by Crippen LogP contribution is 2.18. The van der Waals surface area contributed by atoms with Crippen LogP contribution in [0.25, 0.3) is 0 Å². The zero-order chi connectivity index (χ0) is 6.81. The quantitative estimate of drug-likeness (QED) is 0.502. The Balaban J connectivity index is 2.41. The van der Waals surface area contributed by atoms with Gasteiger partial charge in [-0.05, 0) is 55.0 Å². The summed E-state index contributed by atoms with van der Waals surface area (Å²) in [6.07, 6.45) is 5.07. The van der Waals surface area contributed by atoms with Crippen molar-refractivity contribution in [1.29, 1.82) is 0 Å². The van der Waals surface area contributed by atoms with Gasteiger partial charge in [0.1, 0.15) is 0 Å². The standard InChI is InChI=1S/C10H9/c1-2-6-10-8-4-3-7-9(10)5-1/h7H,1-2,5-6H2. The Hall–Kier alpha value is -0.780. The van der Waals surface area contributed by atoms with Gasteiger partial charge in [0, 0.05) is 0 Å². The highest BCUT2D eigenvalue weighted by molar-refractivity contribution is 5.26. The predicted molar refractivity (Wildman–Crippen MR) is 39.6 cm³/mol. The van der Waals surface area contributed by atoms with Gasteiger partial charge in [-0.15, -0.1) is 0 Å². The summed E-state index contributed by atoms with van der Waals surface area (Å²) >= 11 is 0. The van der Waals surface area contributed by atoms with Crippen molar-refractivity contribution in [2.45, 2.75) is 25.7 Å². The Morgan fingerprint density at radius 2 is 2.10 bits per heavy atom. The van der Waals surface area contributed by atoms with E-state index < -0.39 is 0 Å². The Morgan fingerprint density at radius 3 is 3.00 bits per heavy atom. The fourth-order valence-electron chi connectivity index (χ4n) is 1.47. The van der Waals surface area contributed by atoms with Crippen LogP contribution in [0.4, 0.5) is 0 Å². The van der Waals surface area contributed by atoms with E-state index in [4.69, 9.17) is 0 Å². The number of hydrogen-bond acceptors (Lipinski definition) is 0. The van der Waals surface area contributed by atoms with Gasteiger partial charge in [0.2, 0.25) is 0 Å². The molecule has 0 unspecified atom stereocenters. The lowest BCUT2D eigenvalue weighted by Crippen LogP contribution is -2.01. The molecule has 0 aliphatic heterocycles. The van der Waals surface area contributed by atoms with E-state index >= 15 is 0 Å². The van der Waals surface area contributed by atoms with E-state index in [1.165, 1.54) is 36.8 Å². The van der Waals surface area contributed by atoms with Crippen molar-refractivity contribution in [3.8, 4) is 0 Å². The van der Waals surface area contributed by atoms with Gasteiger partial charge >= 0.3 is 0 Å². The first-order valence-corrected chi connectivity index (χ1v) is 3.78. The SMILES string of the molecule is [c]1[c]cc2c([c]1)CCCC2. The first-order valence-electron chi connectivity index (χ1n) is 3.78. The number of hydrogen-bond donors (Lipinski definition) is 0. The summed E-state index contributed by atoms with van der Waals surface area (Å²) < 4.78 is 0. The largest absolute Gasteiger partial charge is 0.0502 e. The van der Waals surface area contributed by atoms with Crippen LogP contribution in [0.15, 0.2) is 6.07 Å². The smallest absolute Gasteiger partial charge is 0.00107 e. The molecule has 0 fully saturated rings. The summed E-state index contributed by atoms with van der Waals surface area (Å²) in [6, 6.07) is 11.0. The van der Waals surface area contributed by atoms with Crippen LogP contribution in [-0.4, -0.2) is 0 Å². The van der Waals surface area contributed by atoms with Gasteiger partial charge in [-0.2, -0.15) is 0 Å². The topological polar surface area (TPSA) is 0 Å². The van der Waals surface area contributed by atoms with Crippen molar-refractivity contribution >= 4 is 0 Å². The maximum atomic E-state index is 3.11. The zero-order valence-corrected chi connectivity index (χ0v) is 5.91. The third-order valence-corrected chi connectivity index (χ3v) is 2.04. The van der Waals surface area contributed by atoms with Crippen LogP contribution >= 0.6 is 0 Å². The minimum absolute atomic E-state index is 1.19. The summed E-state index contributed by atoms with van der Waals surface area (Å²) in [5.41, 5.74) is 2.80. The summed E-state index contributed by atoms with van der Waals surface area (Å²) in [5, 5.41) is 0. The monoisotopic (exact) mass is 129 g/mol. The third-order valence-electron chi connectivity index (χ3n) is 2.04. The van der Waals surface area contributed by atoms with Gasteiger partial charge in [0.25, 0.3) is 0 Å². The van der Waals surface area contributed by atoms with Crippen LogP contribution in [0, 0.1) is 18.2 Å². The maximum Gasteiger partial charge on any atom is -0.00107 e. The minimum Gasteiger partial charge on any atom is -0.0502 e. The van der Waals surface area contributed by atoms with Gasteiger partial charge in [0.05, 0.1) is 0 Å². The van der Waals surface area contributed by atoms with E-state index in [-0.39, 0.29) is 0 Å². The molecule has 0 bridgehead atoms. The zero-order valence-electron chi connectivity index (χ0n) is 5.91. The molecule has 10 heavy (non-hydrogen) atoms. The van der Waals surface area contributed by atoms with Crippen molar-refractivity contribution in [3.63, 3.8) is 0 Å². The molecule has 0 saturated heterocycles. The van der Waals surface area contributed by atoms with Crippen LogP contribution in [-0.2, 0) is 12.8 Å². The lowest BCUT2D eigenvalue weighted by Gasteiger charge is -2.13. The van der Waals surface area contributed by atoms with E-state index in [1.807, 2.05) is 6.07 Å². The number of fused-ring (bicyclic) bond motifs is 1. The summed E-state index contributed by atoms with van der Waals surface area (Å²) in [7, 11) is 0. The predicted octanol–water partition coefficient (Wildman–Crippen LogP) is 1.97. The van der Waals surface area contributed by atoms with Crippen molar-refractivity contribution < 1.29 is 0 Å². The molecule has 0 aromatic heterocycles. The average Bonchev–Trinajstić information content (AvgIpc) is 2.05. The van der Waals surface area contributed by atoms with Crippen LogP contribution < -0.4 is 0 Å². The van der Waals surface area contributed by atoms with Gasteiger partial charge < -0.3 is 0 Å². The molecule has 0 spiro atoms. The van der Waals surface area contributed by atoms with Crippen LogP contribution in [0.1, 0.15) is 24.0 Å². The van der Waals surface area contributed by atoms with Gasteiger partial charge in [-0.3, -0.25) is 0 Å². The normalized spacial score (nSPS) is 16.4. The van der Waals surface area contributed by atoms with Crippen molar-refractivity contribution in [2.75, 3.05) is 0 Å². The van der Waals surface area contributed by atoms with Crippen LogP contribution in [0.5, 0.6) is 0 Å². The molecule has 0 N–H and O–H groups in total. The summed E-state index contributed by atoms with van der Waals surface area (Å²) in [4.78, 5) is 0. The van der Waals surface area contributed by atoms with Gasteiger partial charge in [-0.25, -0.2) is 0 Å². The molecule has 0 saturated carbocycles. The number of benzene rings is 1. The highest BCUT2D eigenvalue weighted by atomic mass is 14.1. The molecule has 0 nitrogen and oxygen atoms in total. The second-order valence-corrected chi connectivity index (χ2v) is 2.75. The Bertz CT molecular complexity index is 200. The first-order chi connectivity index (χ1) is 4.97. The lowest BCUT2D eigenvalue weighted by atomic mass is 9.92. The molecule has 0 amide bonds. The first kappa shape index (κ1) is 5.96. The lowest BCUT2D eigenvalue weighted by molar-refractivity contribution is 0.684. The summed E-state index contributed by atoms with van der Waals surface area (Å²) in [6.45, 7) is 0. The molecular weight excluding hydrogens is 120 g/mol. The third kappa shape index (κ3) is 0.942. The molecule has 3 radical (unpaired) electrons. The Kier molecular flexibility index (Phi) is 1.46. The number of aryl methyl sites for hydroxylation is 2. The molecular formula is C10H9. The van der Waals surface area contributed by atoms with Crippen molar-refractivity contribution in [2.24, 2.45) is 0 Å². The van der Waals surface area contributed by atoms with E-state index in [0.29, 0.717) is 0 Å². The molecule has 0 heterocycles. The van der Waals surface area contributed by atoms with Gasteiger partial charge in [-0.1, -0.05) is 6.07 Å². The van der Waals surface area contributed by atoms with Crippen molar-refractivity contribution in [3.05, 3.63) is 35.4 Å². The molecule has 2 rings (SSSR count). The molecule has 0 atom stereocenters. The van der Waals surface area contributed by atoms with E-state index in [1.54, 1.807) is 0 Å². The Labute approximate surface area is 61.9 Å². The van der Waals surface area contributed by atoms with E-state index in [2.05, 4.69) is 18.2 Å². The molecule has 1 aliphatic carbocycles. The second kappa shape index (κ2) is 2.45. The number of rotatable bonds is 0. The second-order valence-electron chi connectivity index (χ2n) is 2.75. The molecule has 1 aromatic carbocycles. The summed E-state index contributed by atoms with van der Waals surface area (Å²) in [5.74, 6) is 0. The molecule has 49 valence electrons. The highest BCUT2D eigenvalue weighted by Gasteiger charge is 2.06.